The number of carboxylic acid groups (broad SMARTS) is 2. The molecule has 0 aromatic carbocycles. The number of hydrogen-bond donors (Lipinski definition) is 2. The van der Waals surface area contributed by atoms with E-state index in [0.29, 0.717) is 12.1 Å². The molecule has 0 spiro atoms. The SMILES string of the molecule is O=C(O)Cn1nnc(C(=O)O)c1Cc1cccs1. The van der Waals surface area contributed by atoms with Gasteiger partial charge in [-0.2, -0.15) is 0 Å². The fourth-order valence-electron chi connectivity index (χ4n) is 1.51. The highest BCUT2D eigenvalue weighted by Crippen LogP contribution is 2.17. The van der Waals surface area contributed by atoms with Gasteiger partial charge in [0, 0.05) is 11.3 Å². The van der Waals surface area contributed by atoms with Crippen molar-refractivity contribution in [3.05, 3.63) is 33.8 Å². The first-order valence-electron chi connectivity index (χ1n) is 4.97. The summed E-state index contributed by atoms with van der Waals surface area (Å²) in [5.41, 5.74) is 0.0944. The van der Waals surface area contributed by atoms with Gasteiger partial charge in [0.1, 0.15) is 6.54 Å². The molecule has 18 heavy (non-hydrogen) atoms. The number of carboxylic acids is 2. The Morgan fingerprint density at radius 1 is 1.39 bits per heavy atom. The molecule has 94 valence electrons. The molecule has 0 aliphatic heterocycles. The fourth-order valence-corrected chi connectivity index (χ4v) is 2.22. The van der Waals surface area contributed by atoms with Gasteiger partial charge in [-0.3, -0.25) is 4.79 Å². The second-order valence-electron chi connectivity index (χ2n) is 3.50. The van der Waals surface area contributed by atoms with Gasteiger partial charge >= 0.3 is 11.9 Å². The van der Waals surface area contributed by atoms with Crippen molar-refractivity contribution in [2.45, 2.75) is 13.0 Å². The van der Waals surface area contributed by atoms with Crippen molar-refractivity contribution >= 4 is 23.3 Å². The number of thiophene rings is 1. The van der Waals surface area contributed by atoms with Crippen LogP contribution in [0.4, 0.5) is 0 Å². The molecule has 2 heterocycles. The Bertz CT molecular complexity index is 576. The minimum absolute atomic E-state index is 0.204. The molecule has 0 bridgehead atoms. The zero-order valence-electron chi connectivity index (χ0n) is 9.11. The summed E-state index contributed by atoms with van der Waals surface area (Å²) < 4.78 is 1.10. The summed E-state index contributed by atoms with van der Waals surface area (Å²) in [5.74, 6) is -2.30. The van der Waals surface area contributed by atoms with Gasteiger partial charge in [-0.15, -0.1) is 16.4 Å². The maximum absolute atomic E-state index is 11.0. The van der Waals surface area contributed by atoms with Crippen LogP contribution >= 0.6 is 11.3 Å². The van der Waals surface area contributed by atoms with Crippen LogP contribution in [0.1, 0.15) is 21.1 Å². The van der Waals surface area contributed by atoms with Crippen LogP contribution in [0, 0.1) is 0 Å². The second kappa shape index (κ2) is 4.96. The third kappa shape index (κ3) is 2.54. The average molecular weight is 267 g/mol. The van der Waals surface area contributed by atoms with E-state index in [9.17, 15) is 9.59 Å². The Morgan fingerprint density at radius 2 is 2.17 bits per heavy atom. The summed E-state index contributed by atoms with van der Waals surface area (Å²) in [7, 11) is 0. The standard InChI is InChI=1S/C10H9N3O4S/c14-8(15)5-13-7(4-6-2-1-3-18-6)9(10(16)17)11-12-13/h1-3H,4-5H2,(H,14,15)(H,16,17). The van der Waals surface area contributed by atoms with Crippen molar-refractivity contribution in [3.63, 3.8) is 0 Å². The quantitative estimate of drug-likeness (QED) is 0.826. The summed E-state index contributed by atoms with van der Waals surface area (Å²) in [6, 6.07) is 3.68. The number of hydrogen-bond acceptors (Lipinski definition) is 5. The first-order chi connectivity index (χ1) is 8.58. The molecule has 0 atom stereocenters. The molecule has 7 nitrogen and oxygen atoms in total. The number of nitrogens with zero attached hydrogens (tertiary/aromatic N) is 3. The maximum Gasteiger partial charge on any atom is 0.358 e. The summed E-state index contributed by atoms with van der Waals surface area (Å²) in [6.45, 7) is -0.402. The molecule has 0 fully saturated rings. The molecule has 2 aromatic rings. The number of rotatable bonds is 5. The fraction of sp³-hybridized carbons (Fsp3) is 0.200. The molecule has 2 rings (SSSR count). The van der Waals surface area contributed by atoms with Crippen LogP contribution in [0.15, 0.2) is 17.5 Å². The van der Waals surface area contributed by atoms with Gasteiger partial charge < -0.3 is 10.2 Å². The maximum atomic E-state index is 11.0. The van der Waals surface area contributed by atoms with Crippen LogP contribution in [-0.2, 0) is 17.8 Å². The van der Waals surface area contributed by atoms with Crippen molar-refractivity contribution < 1.29 is 19.8 Å². The highest BCUT2D eigenvalue weighted by molar-refractivity contribution is 7.09. The smallest absolute Gasteiger partial charge is 0.358 e. The zero-order chi connectivity index (χ0) is 13.1. The van der Waals surface area contributed by atoms with Crippen molar-refractivity contribution in [2.24, 2.45) is 0 Å². The van der Waals surface area contributed by atoms with E-state index in [4.69, 9.17) is 10.2 Å². The zero-order valence-corrected chi connectivity index (χ0v) is 9.92. The van der Waals surface area contributed by atoms with E-state index in [2.05, 4.69) is 10.3 Å². The van der Waals surface area contributed by atoms with Crippen molar-refractivity contribution in [3.8, 4) is 0 Å². The summed E-state index contributed by atoms with van der Waals surface area (Å²) in [6.07, 6.45) is 0.305. The average Bonchev–Trinajstić information content (AvgIpc) is 2.89. The Kier molecular flexibility index (Phi) is 3.38. The van der Waals surface area contributed by atoms with E-state index in [-0.39, 0.29) is 5.69 Å². The van der Waals surface area contributed by atoms with Crippen LogP contribution in [0.5, 0.6) is 0 Å². The van der Waals surface area contributed by atoms with Crippen molar-refractivity contribution in [1.82, 2.24) is 15.0 Å². The summed E-state index contributed by atoms with van der Waals surface area (Å²) in [5, 5.41) is 26.6. The highest BCUT2D eigenvalue weighted by Gasteiger charge is 2.20. The Balaban J connectivity index is 2.36. The molecule has 0 aliphatic carbocycles. The van der Waals surface area contributed by atoms with E-state index in [1.54, 1.807) is 0 Å². The number of aromatic carboxylic acids is 1. The van der Waals surface area contributed by atoms with E-state index >= 15 is 0 Å². The van der Waals surface area contributed by atoms with Gasteiger partial charge in [0.05, 0.1) is 5.69 Å². The van der Waals surface area contributed by atoms with Crippen LogP contribution in [0.2, 0.25) is 0 Å². The first-order valence-corrected chi connectivity index (χ1v) is 5.85. The van der Waals surface area contributed by atoms with Crippen molar-refractivity contribution in [2.75, 3.05) is 0 Å². The number of carbonyl (C=O) groups is 2. The lowest BCUT2D eigenvalue weighted by atomic mass is 10.2. The van der Waals surface area contributed by atoms with E-state index in [1.165, 1.54) is 11.3 Å². The predicted octanol–water partition coefficient (Wildman–Crippen LogP) is 0.713. The summed E-state index contributed by atoms with van der Waals surface area (Å²) >= 11 is 1.46. The first kappa shape index (κ1) is 12.2. The Hall–Kier alpha value is -2.22. The lowest BCUT2D eigenvalue weighted by Crippen LogP contribution is -2.14. The van der Waals surface area contributed by atoms with Gasteiger partial charge in [-0.05, 0) is 11.4 Å². The Morgan fingerprint density at radius 3 is 2.72 bits per heavy atom. The van der Waals surface area contributed by atoms with Crippen LogP contribution in [0.25, 0.3) is 0 Å². The molecule has 0 saturated carbocycles. The third-order valence-corrected chi connectivity index (χ3v) is 3.12. The molecule has 8 heteroatoms. The van der Waals surface area contributed by atoms with E-state index in [1.807, 2.05) is 17.5 Å². The molecule has 0 saturated heterocycles. The molecule has 0 radical (unpaired) electrons. The van der Waals surface area contributed by atoms with Gasteiger partial charge in [-0.25, -0.2) is 9.48 Å². The molecule has 2 aromatic heterocycles. The second-order valence-corrected chi connectivity index (χ2v) is 4.53. The topological polar surface area (TPSA) is 105 Å². The normalized spacial score (nSPS) is 10.4. The largest absolute Gasteiger partial charge is 0.480 e. The number of aliphatic carboxylic acids is 1. The summed E-state index contributed by atoms with van der Waals surface area (Å²) in [4.78, 5) is 22.6. The lowest BCUT2D eigenvalue weighted by molar-refractivity contribution is -0.138. The van der Waals surface area contributed by atoms with Crippen LogP contribution in [-0.4, -0.2) is 37.1 Å². The molecule has 2 N–H and O–H groups in total. The minimum Gasteiger partial charge on any atom is -0.480 e. The van der Waals surface area contributed by atoms with E-state index < -0.39 is 18.5 Å². The molecule has 0 amide bonds. The van der Waals surface area contributed by atoms with Crippen molar-refractivity contribution in [1.29, 1.82) is 0 Å². The van der Waals surface area contributed by atoms with Gasteiger partial charge in [0.15, 0.2) is 5.69 Å². The number of aromatic nitrogens is 3. The molecule has 0 aliphatic rings. The predicted molar refractivity (Wildman–Crippen MR) is 61.7 cm³/mol. The van der Waals surface area contributed by atoms with Crippen LogP contribution in [0.3, 0.4) is 0 Å². The van der Waals surface area contributed by atoms with Gasteiger partial charge in [-0.1, -0.05) is 11.3 Å². The molecule has 0 unspecified atom stereocenters. The minimum atomic E-state index is -1.21. The van der Waals surface area contributed by atoms with E-state index in [0.717, 1.165) is 9.56 Å². The van der Waals surface area contributed by atoms with Crippen LogP contribution < -0.4 is 0 Å². The lowest BCUT2D eigenvalue weighted by Gasteiger charge is -2.03. The molecular formula is C10H9N3O4S. The monoisotopic (exact) mass is 267 g/mol. The highest BCUT2D eigenvalue weighted by atomic mass is 32.1. The van der Waals surface area contributed by atoms with Gasteiger partial charge in [0.2, 0.25) is 0 Å². The Labute approximate surface area is 105 Å². The van der Waals surface area contributed by atoms with Gasteiger partial charge in [0.25, 0.3) is 0 Å². The third-order valence-electron chi connectivity index (χ3n) is 2.25. The molecular weight excluding hydrogens is 258 g/mol.